The molecule has 0 heterocycles. The number of rotatable bonds is 10. The molecule has 0 radical (unpaired) electrons. The molecule has 0 fully saturated rings. The molecule has 108 valence electrons. The molecule has 0 aliphatic carbocycles. The first-order valence-corrected chi connectivity index (χ1v) is 8.10. The largest absolute Gasteiger partial charge is 0.310 e. The Hall–Kier alpha value is -0.530. The van der Waals surface area contributed by atoms with E-state index >= 15 is 0 Å². The summed E-state index contributed by atoms with van der Waals surface area (Å²) in [5.74, 6) is 0. The molecule has 19 heavy (non-hydrogen) atoms. The van der Waals surface area contributed by atoms with E-state index in [2.05, 4.69) is 31.3 Å². The van der Waals surface area contributed by atoms with Crippen molar-refractivity contribution in [3.8, 4) is 0 Å². The highest BCUT2D eigenvalue weighted by molar-refractivity contribution is 6.30. The van der Waals surface area contributed by atoms with E-state index in [0.29, 0.717) is 6.04 Å². The SMILES string of the molecule is CCCCCCCCCN[C@H](C)c1ccc(Cl)cc1. The van der Waals surface area contributed by atoms with Gasteiger partial charge < -0.3 is 5.32 Å². The van der Waals surface area contributed by atoms with Gasteiger partial charge in [-0.1, -0.05) is 69.2 Å². The lowest BCUT2D eigenvalue weighted by molar-refractivity contribution is 0.524. The molecule has 0 saturated carbocycles. The van der Waals surface area contributed by atoms with Gasteiger partial charge in [0.15, 0.2) is 0 Å². The standard InChI is InChI=1S/C17H28ClN/c1-3-4-5-6-7-8-9-14-19-15(2)16-10-12-17(18)13-11-16/h10-13,15,19H,3-9,14H2,1-2H3/t15-/m1/s1. The number of benzene rings is 1. The number of hydrogen-bond acceptors (Lipinski definition) is 1. The van der Waals surface area contributed by atoms with Crippen molar-refractivity contribution in [3.05, 3.63) is 34.9 Å². The van der Waals surface area contributed by atoms with Gasteiger partial charge in [0, 0.05) is 11.1 Å². The fourth-order valence-corrected chi connectivity index (χ4v) is 2.40. The average Bonchev–Trinajstić information content (AvgIpc) is 2.42. The smallest absolute Gasteiger partial charge is 0.0406 e. The third-order valence-corrected chi connectivity index (χ3v) is 3.85. The molecule has 1 rings (SSSR count). The predicted octanol–water partition coefficient (Wildman–Crippen LogP) is 5.74. The van der Waals surface area contributed by atoms with Crippen LogP contribution in [0.25, 0.3) is 0 Å². The van der Waals surface area contributed by atoms with E-state index in [4.69, 9.17) is 11.6 Å². The molecule has 0 aromatic heterocycles. The Morgan fingerprint density at radius 3 is 2.16 bits per heavy atom. The summed E-state index contributed by atoms with van der Waals surface area (Å²) in [6, 6.07) is 8.54. The first kappa shape index (κ1) is 16.5. The molecule has 0 bridgehead atoms. The van der Waals surface area contributed by atoms with Crippen molar-refractivity contribution >= 4 is 11.6 Å². The van der Waals surface area contributed by atoms with Crippen molar-refractivity contribution in [2.45, 2.75) is 64.8 Å². The van der Waals surface area contributed by atoms with Gasteiger partial charge >= 0.3 is 0 Å². The molecule has 1 nitrogen and oxygen atoms in total. The minimum atomic E-state index is 0.414. The summed E-state index contributed by atoms with van der Waals surface area (Å²) in [5.41, 5.74) is 1.31. The second-order valence-electron chi connectivity index (χ2n) is 5.35. The highest BCUT2D eigenvalue weighted by Gasteiger charge is 2.03. The Morgan fingerprint density at radius 2 is 1.53 bits per heavy atom. The number of unbranched alkanes of at least 4 members (excludes halogenated alkanes) is 6. The fourth-order valence-electron chi connectivity index (χ4n) is 2.27. The van der Waals surface area contributed by atoms with Gasteiger partial charge in [-0.15, -0.1) is 0 Å². The van der Waals surface area contributed by atoms with Crippen LogP contribution in [0.2, 0.25) is 5.02 Å². The quantitative estimate of drug-likeness (QED) is 0.539. The maximum absolute atomic E-state index is 5.89. The molecule has 1 N–H and O–H groups in total. The van der Waals surface area contributed by atoms with Crippen LogP contribution in [0, 0.1) is 0 Å². The Bertz CT molecular complexity index is 321. The molecule has 0 aliphatic heterocycles. The van der Waals surface area contributed by atoms with Gasteiger partial charge in [-0.25, -0.2) is 0 Å². The monoisotopic (exact) mass is 281 g/mol. The van der Waals surface area contributed by atoms with E-state index in [0.717, 1.165) is 11.6 Å². The van der Waals surface area contributed by atoms with E-state index in [1.54, 1.807) is 0 Å². The van der Waals surface area contributed by atoms with E-state index in [9.17, 15) is 0 Å². The number of halogens is 1. The Morgan fingerprint density at radius 1 is 0.947 bits per heavy atom. The van der Waals surface area contributed by atoms with Crippen LogP contribution in [0.5, 0.6) is 0 Å². The summed E-state index contributed by atoms with van der Waals surface area (Å²) in [5, 5.41) is 4.39. The van der Waals surface area contributed by atoms with Gasteiger partial charge in [0.25, 0.3) is 0 Å². The zero-order valence-corrected chi connectivity index (χ0v) is 13.2. The van der Waals surface area contributed by atoms with Gasteiger partial charge in [0.05, 0.1) is 0 Å². The molecular formula is C17H28ClN. The van der Waals surface area contributed by atoms with E-state index in [1.807, 2.05) is 12.1 Å². The van der Waals surface area contributed by atoms with Crippen molar-refractivity contribution in [1.82, 2.24) is 5.32 Å². The zero-order valence-electron chi connectivity index (χ0n) is 12.4. The molecule has 0 unspecified atom stereocenters. The molecule has 0 amide bonds. The highest BCUT2D eigenvalue weighted by Crippen LogP contribution is 2.16. The Kier molecular flexibility index (Phi) is 8.94. The van der Waals surface area contributed by atoms with Gasteiger partial charge in [0.2, 0.25) is 0 Å². The highest BCUT2D eigenvalue weighted by atomic mass is 35.5. The molecule has 1 aromatic rings. The van der Waals surface area contributed by atoms with Crippen LogP contribution in [-0.4, -0.2) is 6.54 Å². The van der Waals surface area contributed by atoms with Crippen molar-refractivity contribution in [2.75, 3.05) is 6.54 Å². The predicted molar refractivity (Wildman–Crippen MR) is 85.9 cm³/mol. The normalized spacial score (nSPS) is 12.6. The van der Waals surface area contributed by atoms with Crippen LogP contribution in [0.4, 0.5) is 0 Å². The molecule has 2 heteroatoms. The molecule has 0 aliphatic rings. The van der Waals surface area contributed by atoms with Crippen LogP contribution in [0.1, 0.15) is 70.4 Å². The second-order valence-corrected chi connectivity index (χ2v) is 5.79. The Labute approximate surface area is 123 Å². The maximum Gasteiger partial charge on any atom is 0.0406 e. The first-order valence-electron chi connectivity index (χ1n) is 7.73. The minimum Gasteiger partial charge on any atom is -0.310 e. The van der Waals surface area contributed by atoms with Crippen LogP contribution >= 0.6 is 11.6 Å². The van der Waals surface area contributed by atoms with E-state index in [-0.39, 0.29) is 0 Å². The zero-order chi connectivity index (χ0) is 13.9. The van der Waals surface area contributed by atoms with Crippen molar-refractivity contribution in [2.24, 2.45) is 0 Å². The molecule has 0 saturated heterocycles. The summed E-state index contributed by atoms with van der Waals surface area (Å²) < 4.78 is 0. The van der Waals surface area contributed by atoms with Crippen LogP contribution in [0.3, 0.4) is 0 Å². The lowest BCUT2D eigenvalue weighted by Crippen LogP contribution is -2.19. The molecule has 0 spiro atoms. The summed E-state index contributed by atoms with van der Waals surface area (Å²) in [6.45, 7) is 5.59. The number of nitrogens with one attached hydrogen (secondary N) is 1. The van der Waals surface area contributed by atoms with Crippen LogP contribution in [-0.2, 0) is 0 Å². The van der Waals surface area contributed by atoms with Crippen LogP contribution in [0.15, 0.2) is 24.3 Å². The lowest BCUT2D eigenvalue weighted by atomic mass is 10.1. The third kappa shape index (κ3) is 7.59. The average molecular weight is 282 g/mol. The second kappa shape index (κ2) is 10.3. The van der Waals surface area contributed by atoms with Gasteiger partial charge in [0.1, 0.15) is 0 Å². The van der Waals surface area contributed by atoms with Crippen molar-refractivity contribution in [1.29, 1.82) is 0 Å². The van der Waals surface area contributed by atoms with Crippen molar-refractivity contribution in [3.63, 3.8) is 0 Å². The topological polar surface area (TPSA) is 12.0 Å². The van der Waals surface area contributed by atoms with E-state index in [1.165, 1.54) is 50.5 Å². The van der Waals surface area contributed by atoms with Gasteiger partial charge in [-0.05, 0) is 37.6 Å². The van der Waals surface area contributed by atoms with Gasteiger partial charge in [-0.2, -0.15) is 0 Å². The maximum atomic E-state index is 5.89. The first-order chi connectivity index (χ1) is 9.24. The summed E-state index contributed by atoms with van der Waals surface area (Å²) >= 11 is 5.89. The molecule has 1 atom stereocenters. The lowest BCUT2D eigenvalue weighted by Gasteiger charge is -2.14. The number of hydrogen-bond donors (Lipinski definition) is 1. The van der Waals surface area contributed by atoms with Crippen LogP contribution < -0.4 is 5.32 Å². The van der Waals surface area contributed by atoms with Gasteiger partial charge in [-0.3, -0.25) is 0 Å². The van der Waals surface area contributed by atoms with E-state index < -0.39 is 0 Å². The third-order valence-electron chi connectivity index (χ3n) is 3.60. The molecule has 1 aromatic carbocycles. The Balaban J connectivity index is 2.04. The minimum absolute atomic E-state index is 0.414. The van der Waals surface area contributed by atoms with Crippen molar-refractivity contribution < 1.29 is 0 Å². The molecular weight excluding hydrogens is 254 g/mol. The summed E-state index contributed by atoms with van der Waals surface area (Å²) in [4.78, 5) is 0. The summed E-state index contributed by atoms with van der Waals surface area (Å²) in [7, 11) is 0. The fraction of sp³-hybridized carbons (Fsp3) is 0.647. The summed E-state index contributed by atoms with van der Waals surface area (Å²) in [6.07, 6.45) is 9.56.